The van der Waals surface area contributed by atoms with Crippen LogP contribution in [0.15, 0.2) is 11.3 Å². The van der Waals surface area contributed by atoms with Crippen LogP contribution in [0.1, 0.15) is 51.6 Å². The molecule has 1 aromatic rings. The van der Waals surface area contributed by atoms with Crippen LogP contribution in [0.25, 0.3) is 0 Å². The molecule has 2 aliphatic heterocycles. The number of aryl methyl sites for hydroxylation is 1. The molecule has 1 atom stereocenters. The van der Waals surface area contributed by atoms with Gasteiger partial charge in [0.1, 0.15) is 11.5 Å². The third-order valence-corrected chi connectivity index (χ3v) is 4.57. The maximum Gasteiger partial charge on any atom is 0.267 e. The molecule has 0 saturated carbocycles. The lowest BCUT2D eigenvalue weighted by atomic mass is 9.93. The zero-order valence-corrected chi connectivity index (χ0v) is 14.8. The molecule has 3 rings (SSSR count). The van der Waals surface area contributed by atoms with Crippen molar-refractivity contribution in [2.45, 2.75) is 64.5 Å². The van der Waals surface area contributed by atoms with Crippen molar-refractivity contribution in [1.82, 2.24) is 19.9 Å². The SMILES string of the molecule is CN1N=C(C(=O)N[C@@H]2CCc3nc(C(C)(C)C)cn3C2)CCC1=O. The van der Waals surface area contributed by atoms with Gasteiger partial charge in [0.25, 0.3) is 5.91 Å². The lowest BCUT2D eigenvalue weighted by molar-refractivity contribution is -0.130. The summed E-state index contributed by atoms with van der Waals surface area (Å²) in [5, 5.41) is 8.39. The van der Waals surface area contributed by atoms with Gasteiger partial charge in [0.2, 0.25) is 5.91 Å². The highest BCUT2D eigenvalue weighted by Crippen LogP contribution is 2.24. The summed E-state index contributed by atoms with van der Waals surface area (Å²) >= 11 is 0. The summed E-state index contributed by atoms with van der Waals surface area (Å²) in [4.78, 5) is 28.6. The fraction of sp³-hybridized carbons (Fsp3) is 0.647. The quantitative estimate of drug-likeness (QED) is 0.885. The topological polar surface area (TPSA) is 79.6 Å². The highest BCUT2D eigenvalue weighted by atomic mass is 16.2. The number of rotatable bonds is 2. The number of aromatic nitrogens is 2. The molecule has 0 aromatic carbocycles. The Morgan fingerprint density at radius 2 is 2.04 bits per heavy atom. The van der Waals surface area contributed by atoms with Gasteiger partial charge < -0.3 is 9.88 Å². The maximum absolute atomic E-state index is 12.4. The molecule has 7 nitrogen and oxygen atoms in total. The second kappa shape index (κ2) is 6.03. The van der Waals surface area contributed by atoms with Crippen LogP contribution < -0.4 is 5.32 Å². The van der Waals surface area contributed by atoms with Crippen molar-refractivity contribution in [2.24, 2.45) is 5.10 Å². The van der Waals surface area contributed by atoms with Crippen LogP contribution in [0, 0.1) is 0 Å². The van der Waals surface area contributed by atoms with Gasteiger partial charge in [-0.05, 0) is 6.42 Å². The first-order chi connectivity index (χ1) is 11.2. The van der Waals surface area contributed by atoms with Crippen LogP contribution in [-0.2, 0) is 28.0 Å². The van der Waals surface area contributed by atoms with Crippen molar-refractivity contribution in [3.63, 3.8) is 0 Å². The van der Waals surface area contributed by atoms with Crippen molar-refractivity contribution in [3.8, 4) is 0 Å². The number of hydrogen-bond donors (Lipinski definition) is 1. The number of hydrazone groups is 1. The van der Waals surface area contributed by atoms with E-state index in [0.29, 0.717) is 18.6 Å². The highest BCUT2D eigenvalue weighted by Gasteiger charge is 2.27. The largest absolute Gasteiger partial charge is 0.346 e. The first-order valence-electron chi connectivity index (χ1n) is 8.45. The lowest BCUT2D eigenvalue weighted by Gasteiger charge is -2.26. The summed E-state index contributed by atoms with van der Waals surface area (Å²) in [6, 6.07) is 0.0673. The van der Waals surface area contributed by atoms with Crippen molar-refractivity contribution >= 4 is 17.5 Å². The van der Waals surface area contributed by atoms with Crippen LogP contribution in [-0.4, -0.2) is 45.2 Å². The fourth-order valence-electron chi connectivity index (χ4n) is 3.02. The summed E-state index contributed by atoms with van der Waals surface area (Å²) in [7, 11) is 1.58. The predicted octanol–water partition coefficient (Wildman–Crippen LogP) is 1.22. The molecule has 2 amide bonds. The summed E-state index contributed by atoms with van der Waals surface area (Å²) in [5.74, 6) is 0.867. The minimum absolute atomic E-state index is 0.0248. The summed E-state index contributed by atoms with van der Waals surface area (Å²) < 4.78 is 2.15. The van der Waals surface area contributed by atoms with E-state index >= 15 is 0 Å². The molecule has 2 aliphatic rings. The van der Waals surface area contributed by atoms with E-state index in [1.54, 1.807) is 7.05 Å². The zero-order chi connectivity index (χ0) is 17.5. The van der Waals surface area contributed by atoms with Crippen molar-refractivity contribution in [2.75, 3.05) is 7.05 Å². The van der Waals surface area contributed by atoms with E-state index < -0.39 is 0 Å². The zero-order valence-electron chi connectivity index (χ0n) is 14.8. The molecule has 0 bridgehead atoms. The van der Waals surface area contributed by atoms with Crippen LogP contribution in [0.5, 0.6) is 0 Å². The van der Waals surface area contributed by atoms with Crippen LogP contribution in [0.2, 0.25) is 0 Å². The Balaban J connectivity index is 1.66. The molecular formula is C17H25N5O2. The van der Waals surface area contributed by atoms with Gasteiger partial charge in [-0.1, -0.05) is 20.8 Å². The molecule has 0 saturated heterocycles. The maximum atomic E-state index is 12.4. The molecule has 130 valence electrons. The normalized spacial score (nSPS) is 21.3. The summed E-state index contributed by atoms with van der Waals surface area (Å²) in [6.45, 7) is 7.19. The van der Waals surface area contributed by atoms with Gasteiger partial charge >= 0.3 is 0 Å². The molecule has 0 aliphatic carbocycles. The van der Waals surface area contributed by atoms with Gasteiger partial charge in [0, 0.05) is 50.5 Å². The average molecular weight is 331 g/mol. The lowest BCUT2D eigenvalue weighted by Crippen LogP contribution is -2.45. The second-order valence-corrected chi connectivity index (χ2v) is 7.62. The minimum Gasteiger partial charge on any atom is -0.346 e. The molecule has 0 radical (unpaired) electrons. The summed E-state index contributed by atoms with van der Waals surface area (Å²) in [5.41, 5.74) is 1.54. The van der Waals surface area contributed by atoms with E-state index in [-0.39, 0.29) is 23.3 Å². The molecule has 3 heterocycles. The molecule has 24 heavy (non-hydrogen) atoms. The molecule has 0 spiro atoms. The van der Waals surface area contributed by atoms with Crippen molar-refractivity contribution < 1.29 is 9.59 Å². The van der Waals surface area contributed by atoms with Gasteiger partial charge in [-0.15, -0.1) is 0 Å². The average Bonchev–Trinajstić information content (AvgIpc) is 2.93. The first-order valence-corrected chi connectivity index (χ1v) is 8.45. The van der Waals surface area contributed by atoms with Crippen molar-refractivity contribution in [1.29, 1.82) is 0 Å². The molecule has 1 N–H and O–H groups in total. The molecular weight excluding hydrogens is 306 g/mol. The van der Waals surface area contributed by atoms with Gasteiger partial charge in [0.05, 0.1) is 5.69 Å². The monoisotopic (exact) mass is 331 g/mol. The Morgan fingerprint density at radius 3 is 2.71 bits per heavy atom. The number of amides is 2. The molecule has 1 aromatic heterocycles. The minimum atomic E-state index is -0.168. The van der Waals surface area contributed by atoms with E-state index in [4.69, 9.17) is 4.98 Å². The second-order valence-electron chi connectivity index (χ2n) is 7.62. The number of nitrogens with one attached hydrogen (secondary N) is 1. The van der Waals surface area contributed by atoms with Gasteiger partial charge in [-0.2, -0.15) is 5.10 Å². The summed E-state index contributed by atoms with van der Waals surface area (Å²) in [6.07, 6.45) is 4.57. The van der Waals surface area contributed by atoms with E-state index in [2.05, 4.69) is 42.0 Å². The third kappa shape index (κ3) is 3.34. The number of fused-ring (bicyclic) bond motifs is 1. The van der Waals surface area contributed by atoms with Crippen LogP contribution in [0.3, 0.4) is 0 Å². The Labute approximate surface area is 142 Å². The molecule has 0 unspecified atom stereocenters. The highest BCUT2D eigenvalue weighted by molar-refractivity contribution is 6.39. The van der Waals surface area contributed by atoms with Crippen LogP contribution in [0.4, 0.5) is 0 Å². The number of hydrogen-bond acceptors (Lipinski definition) is 4. The number of carbonyl (C=O) groups is 2. The van der Waals surface area contributed by atoms with Gasteiger partial charge in [0.15, 0.2) is 0 Å². The number of carbonyl (C=O) groups excluding carboxylic acids is 2. The Kier molecular flexibility index (Phi) is 4.19. The predicted molar refractivity (Wildman–Crippen MR) is 90.6 cm³/mol. The number of nitrogens with zero attached hydrogens (tertiary/aromatic N) is 4. The van der Waals surface area contributed by atoms with E-state index in [9.17, 15) is 9.59 Å². The van der Waals surface area contributed by atoms with E-state index in [0.717, 1.165) is 30.9 Å². The Hall–Kier alpha value is -2.18. The first kappa shape index (κ1) is 16.7. The van der Waals surface area contributed by atoms with Gasteiger partial charge in [-0.3, -0.25) is 9.59 Å². The van der Waals surface area contributed by atoms with E-state index in [1.807, 2.05) is 0 Å². The van der Waals surface area contributed by atoms with E-state index in [1.165, 1.54) is 5.01 Å². The fourth-order valence-corrected chi connectivity index (χ4v) is 3.02. The standard InChI is InChI=1S/C17H25N5O2/c1-17(2,3)13-10-22-9-11(5-7-14(22)19-13)18-16(24)12-6-8-15(23)21(4)20-12/h10-11H,5-9H2,1-4H3,(H,18,24)/t11-/m1/s1. The molecule has 0 fully saturated rings. The van der Waals surface area contributed by atoms with Gasteiger partial charge in [-0.25, -0.2) is 9.99 Å². The van der Waals surface area contributed by atoms with Crippen molar-refractivity contribution in [3.05, 3.63) is 17.7 Å². The van der Waals surface area contributed by atoms with Crippen LogP contribution >= 0.6 is 0 Å². The number of imidazole rings is 1. The Bertz CT molecular complexity index is 698. The third-order valence-electron chi connectivity index (χ3n) is 4.57. The Morgan fingerprint density at radius 1 is 1.29 bits per heavy atom. The molecule has 7 heteroatoms. The smallest absolute Gasteiger partial charge is 0.267 e.